The lowest BCUT2D eigenvalue weighted by Crippen LogP contribution is -2.36. The van der Waals surface area contributed by atoms with Crippen LogP contribution in [0.2, 0.25) is 5.15 Å². The monoisotopic (exact) mass is 705 g/mol. The number of hydrazine groups is 1. The van der Waals surface area contributed by atoms with Crippen molar-refractivity contribution in [1.82, 2.24) is 14.7 Å². The van der Waals surface area contributed by atoms with E-state index in [4.69, 9.17) is 32.7 Å². The molecule has 0 aliphatic heterocycles. The van der Waals surface area contributed by atoms with Crippen molar-refractivity contribution in [2.75, 3.05) is 24.7 Å². The van der Waals surface area contributed by atoms with Crippen molar-refractivity contribution in [3.05, 3.63) is 86.4 Å². The number of imidazole rings is 1. The first-order valence-electron chi connectivity index (χ1n) is 14.7. The van der Waals surface area contributed by atoms with Crippen molar-refractivity contribution in [2.24, 2.45) is 16.7 Å². The highest BCUT2D eigenvalue weighted by Crippen LogP contribution is 2.26. The van der Waals surface area contributed by atoms with Crippen molar-refractivity contribution in [3.8, 4) is 11.1 Å². The molecule has 1 atom stereocenters. The first-order chi connectivity index (χ1) is 23.0. The molecule has 18 heteroatoms. The van der Waals surface area contributed by atoms with Gasteiger partial charge in [-0.15, -0.1) is 20.3 Å². The zero-order valence-corrected chi connectivity index (χ0v) is 27.9. The number of aromatic nitrogens is 2. The summed E-state index contributed by atoms with van der Waals surface area (Å²) in [5.41, 5.74) is 9.13. The normalized spacial score (nSPS) is 11.8. The summed E-state index contributed by atoms with van der Waals surface area (Å²) in [5, 5.41) is 13.8. The van der Waals surface area contributed by atoms with Crippen LogP contribution in [0.4, 0.5) is 4.79 Å². The number of thioether (sulfide) groups is 1. The lowest BCUT2D eigenvalue weighted by Gasteiger charge is -2.15. The third kappa shape index (κ3) is 11.1. The summed E-state index contributed by atoms with van der Waals surface area (Å²) >= 11 is 7.68. The average Bonchev–Trinajstić information content (AvgIpc) is 3.37. The molecule has 48 heavy (non-hydrogen) atoms. The highest BCUT2D eigenvalue weighted by atomic mass is 35.5. The Labute approximate surface area is 285 Å². The van der Waals surface area contributed by atoms with E-state index in [1.54, 1.807) is 16.7 Å². The summed E-state index contributed by atoms with van der Waals surface area (Å²) in [6.07, 6.45) is 0.268. The lowest BCUT2D eigenvalue weighted by atomic mass is 9.98. The standard InChI is InChI=1S/C30H36ClN7O9S/c1-3-4-9-25-34-27(31)26(29(40)47-20(2)45-19-39)36(25)18-21-10-12-22(13-11-21)23-7-5-6-8-24(23)28(32)35-37(33)30(41)44-14-16-48-17-15-46-38(42)43/h5-8,10-13,19-20H,3-4,9,14-18,33H2,1-2H3,(H2,32,35). The van der Waals surface area contributed by atoms with Gasteiger partial charge in [0.15, 0.2) is 16.7 Å². The molecule has 1 aromatic heterocycles. The smallest absolute Gasteiger partial charge is 0.445 e. The first kappa shape index (κ1) is 37.6. The molecule has 0 fully saturated rings. The highest BCUT2D eigenvalue weighted by molar-refractivity contribution is 7.99. The molecule has 0 saturated carbocycles. The van der Waals surface area contributed by atoms with Gasteiger partial charge in [-0.1, -0.05) is 73.5 Å². The molecule has 3 rings (SSSR count). The first-order valence-corrected chi connectivity index (χ1v) is 16.2. The zero-order chi connectivity index (χ0) is 35.1. The van der Waals surface area contributed by atoms with Crippen LogP contribution in [0.1, 0.15) is 54.1 Å². The molecule has 0 aliphatic carbocycles. The minimum Gasteiger partial charge on any atom is -0.446 e. The van der Waals surface area contributed by atoms with E-state index in [0.29, 0.717) is 40.0 Å². The number of carbonyl (C=O) groups excluding carboxylic acids is 3. The molecule has 4 N–H and O–H groups in total. The summed E-state index contributed by atoms with van der Waals surface area (Å²) in [6, 6.07) is 14.6. The Kier molecular flexibility index (Phi) is 14.9. The van der Waals surface area contributed by atoms with Gasteiger partial charge in [-0.2, -0.15) is 11.8 Å². The van der Waals surface area contributed by atoms with E-state index < -0.39 is 23.4 Å². The van der Waals surface area contributed by atoms with Crippen molar-refractivity contribution < 1.29 is 38.5 Å². The molecule has 1 unspecified atom stereocenters. The van der Waals surface area contributed by atoms with E-state index in [-0.39, 0.29) is 42.9 Å². The number of hydrogen-bond acceptors (Lipinski definition) is 13. The maximum absolute atomic E-state index is 13.0. The maximum atomic E-state index is 13.0. The van der Waals surface area contributed by atoms with Crippen molar-refractivity contribution in [1.29, 1.82) is 0 Å². The van der Waals surface area contributed by atoms with E-state index in [1.165, 1.54) is 18.7 Å². The van der Waals surface area contributed by atoms with Gasteiger partial charge >= 0.3 is 12.1 Å². The van der Waals surface area contributed by atoms with E-state index >= 15 is 0 Å². The zero-order valence-electron chi connectivity index (χ0n) is 26.3. The second-order valence-corrected chi connectivity index (χ2v) is 11.5. The number of aryl methyl sites for hydroxylation is 1. The second-order valence-electron chi connectivity index (χ2n) is 9.92. The molecule has 1 amide bonds. The quantitative estimate of drug-likeness (QED) is 0.0171. The number of hydrazone groups is 1. The predicted molar refractivity (Wildman–Crippen MR) is 177 cm³/mol. The summed E-state index contributed by atoms with van der Waals surface area (Å²) < 4.78 is 16.7. The van der Waals surface area contributed by atoms with Crippen molar-refractivity contribution in [2.45, 2.75) is 45.9 Å². The SMILES string of the molecule is CCCCc1nc(Cl)c(C(=O)OC(C)OC=O)n1Cc1ccc(-c2ccccc2/C(N)=N/N(N)C(=O)OCCSCCO[N+](=O)[O-])cc1. The van der Waals surface area contributed by atoms with Gasteiger partial charge in [0.2, 0.25) is 6.29 Å². The Bertz CT molecular complexity index is 1590. The number of amides is 1. The molecule has 0 spiro atoms. The molecular formula is C30H36ClN7O9S. The van der Waals surface area contributed by atoms with E-state index in [9.17, 15) is 24.5 Å². The molecule has 0 aliphatic rings. The number of hydrogen-bond donors (Lipinski definition) is 2. The van der Waals surface area contributed by atoms with Crippen LogP contribution in [0, 0.1) is 10.1 Å². The van der Waals surface area contributed by atoms with Crippen molar-refractivity contribution >= 4 is 47.7 Å². The van der Waals surface area contributed by atoms with Crippen LogP contribution in [0.25, 0.3) is 11.1 Å². The summed E-state index contributed by atoms with van der Waals surface area (Å²) in [6.45, 7) is 3.82. The third-order valence-electron chi connectivity index (χ3n) is 6.56. The Morgan fingerprint density at radius 3 is 2.58 bits per heavy atom. The minimum absolute atomic E-state index is 0.00418. The number of amidine groups is 1. The molecule has 2 aromatic carbocycles. The number of unbranched alkanes of at least 4 members (excludes halogenated alkanes) is 1. The van der Waals surface area contributed by atoms with Gasteiger partial charge in [0.1, 0.15) is 19.0 Å². The maximum Gasteiger partial charge on any atom is 0.445 e. The number of esters is 1. The van der Waals surface area contributed by atoms with Crippen LogP contribution in [0.3, 0.4) is 0 Å². The summed E-state index contributed by atoms with van der Waals surface area (Å²) in [7, 11) is 0. The Morgan fingerprint density at radius 2 is 1.90 bits per heavy atom. The van der Waals surface area contributed by atoms with E-state index in [1.807, 2.05) is 43.3 Å². The topological polar surface area (TPSA) is 217 Å². The number of nitrogens with two attached hydrogens (primary N) is 2. The minimum atomic E-state index is -1.11. The van der Waals surface area contributed by atoms with Gasteiger partial charge in [0.25, 0.3) is 11.6 Å². The third-order valence-corrected chi connectivity index (χ3v) is 7.73. The molecule has 258 valence electrons. The van der Waals surface area contributed by atoms with Gasteiger partial charge in [-0.25, -0.2) is 20.4 Å². The van der Waals surface area contributed by atoms with Gasteiger partial charge in [-0.3, -0.25) is 4.79 Å². The Balaban J connectivity index is 1.74. The number of rotatable bonds is 19. The number of benzene rings is 2. The fraction of sp³-hybridized carbons (Fsp3) is 0.367. The van der Waals surface area contributed by atoms with Crippen molar-refractivity contribution in [3.63, 3.8) is 0 Å². The van der Waals surface area contributed by atoms with Gasteiger partial charge in [0.05, 0.1) is 0 Å². The van der Waals surface area contributed by atoms with Crippen LogP contribution in [-0.4, -0.2) is 75.1 Å². The number of nitrogens with zero attached hydrogens (tertiary/aromatic N) is 5. The average molecular weight is 706 g/mol. The van der Waals surface area contributed by atoms with Gasteiger partial charge in [0, 0.05) is 37.0 Å². The van der Waals surface area contributed by atoms with Gasteiger partial charge < -0.3 is 29.3 Å². The summed E-state index contributed by atoms with van der Waals surface area (Å²) in [4.78, 5) is 54.7. The molecule has 0 saturated heterocycles. The van der Waals surface area contributed by atoms with Crippen LogP contribution in [-0.2, 0) is 36.8 Å². The van der Waals surface area contributed by atoms with Crippen LogP contribution in [0.5, 0.6) is 0 Å². The van der Waals surface area contributed by atoms with Gasteiger partial charge in [-0.05, 0) is 23.1 Å². The highest BCUT2D eigenvalue weighted by Gasteiger charge is 2.25. The fourth-order valence-corrected chi connectivity index (χ4v) is 5.21. The number of ether oxygens (including phenoxy) is 3. The number of carbonyl (C=O) groups is 3. The molecule has 16 nitrogen and oxygen atoms in total. The molecule has 1 heterocycles. The van der Waals surface area contributed by atoms with E-state index in [2.05, 4.69) is 19.7 Å². The Morgan fingerprint density at radius 1 is 1.19 bits per heavy atom. The Hall–Kier alpha value is -4.87. The molecule has 3 aromatic rings. The fourth-order valence-electron chi connectivity index (χ4n) is 4.34. The summed E-state index contributed by atoms with van der Waals surface area (Å²) in [5.74, 6) is 6.29. The number of halogens is 1. The lowest BCUT2D eigenvalue weighted by molar-refractivity contribution is -0.756. The van der Waals surface area contributed by atoms with Crippen LogP contribution < -0.4 is 11.6 Å². The van der Waals surface area contributed by atoms with E-state index in [0.717, 1.165) is 24.0 Å². The van der Waals surface area contributed by atoms with Crippen LogP contribution in [0.15, 0.2) is 53.6 Å². The van der Waals surface area contributed by atoms with Crippen LogP contribution >= 0.6 is 23.4 Å². The second kappa shape index (κ2) is 19.1. The largest absolute Gasteiger partial charge is 0.446 e. The molecular weight excluding hydrogens is 670 g/mol. The molecule has 0 bridgehead atoms. The molecule has 0 radical (unpaired) electrons. The predicted octanol–water partition coefficient (Wildman–Crippen LogP) is 4.14.